The van der Waals surface area contributed by atoms with Crippen LogP contribution in [0.4, 0.5) is 4.79 Å². The van der Waals surface area contributed by atoms with Crippen LogP contribution < -0.4 is 10.6 Å². The van der Waals surface area contributed by atoms with Gasteiger partial charge in [0, 0.05) is 6.04 Å². The minimum Gasteiger partial charge on any atom is -0.444 e. The summed E-state index contributed by atoms with van der Waals surface area (Å²) in [4.78, 5) is 11.4. The highest BCUT2D eigenvalue weighted by atomic mass is 16.6. The number of carbonyl (C=O) groups excluding carboxylic acids is 1. The van der Waals surface area contributed by atoms with Gasteiger partial charge in [-0.25, -0.2) is 4.79 Å². The Bertz CT molecular complexity index is 253. The smallest absolute Gasteiger partial charge is 0.407 e. The first kappa shape index (κ1) is 17.3. The van der Waals surface area contributed by atoms with Gasteiger partial charge in [0.05, 0.1) is 0 Å². The molecule has 4 heteroatoms. The average Bonchev–Trinajstić information content (AvgIpc) is 2.40. The summed E-state index contributed by atoms with van der Waals surface area (Å²) in [6.45, 7) is 8.15. The molecule has 0 aromatic carbocycles. The average molecular weight is 284 g/mol. The van der Waals surface area contributed by atoms with Crippen LogP contribution in [0.2, 0.25) is 0 Å². The number of rotatable bonds is 1. The predicted molar refractivity (Wildman–Crippen MR) is 83.0 cm³/mol. The highest BCUT2D eigenvalue weighted by molar-refractivity contribution is 5.68. The van der Waals surface area contributed by atoms with Gasteiger partial charge in [-0.3, -0.25) is 0 Å². The van der Waals surface area contributed by atoms with Crippen LogP contribution >= 0.6 is 0 Å². The Morgan fingerprint density at radius 3 is 1.95 bits per heavy atom. The second-order valence-corrected chi connectivity index (χ2v) is 6.79. The maximum Gasteiger partial charge on any atom is 0.407 e. The Labute approximate surface area is 124 Å². The number of ether oxygens (including phenoxy) is 1. The quantitative estimate of drug-likeness (QED) is 0.773. The molecule has 2 fully saturated rings. The van der Waals surface area contributed by atoms with Crippen molar-refractivity contribution in [3.8, 4) is 0 Å². The molecule has 1 aliphatic heterocycles. The van der Waals surface area contributed by atoms with Crippen LogP contribution in [0.1, 0.15) is 72.1 Å². The molecule has 0 aromatic heterocycles. The van der Waals surface area contributed by atoms with E-state index < -0.39 is 5.60 Å². The number of alkyl carbamates (subject to hydrolysis) is 1. The molecule has 0 aromatic rings. The first-order chi connectivity index (χ1) is 9.47. The fourth-order valence-electron chi connectivity index (χ4n) is 2.52. The van der Waals surface area contributed by atoms with E-state index in [0.29, 0.717) is 6.04 Å². The first-order valence-corrected chi connectivity index (χ1v) is 8.17. The summed E-state index contributed by atoms with van der Waals surface area (Å²) >= 11 is 0. The van der Waals surface area contributed by atoms with E-state index in [9.17, 15) is 4.79 Å². The summed E-state index contributed by atoms with van der Waals surface area (Å²) < 4.78 is 5.19. The van der Waals surface area contributed by atoms with Crippen LogP contribution in [0, 0.1) is 0 Å². The third-order valence-corrected chi connectivity index (χ3v) is 3.53. The molecule has 0 unspecified atom stereocenters. The summed E-state index contributed by atoms with van der Waals surface area (Å²) in [6, 6.07) is 0.332. The second kappa shape index (κ2) is 9.22. The molecule has 20 heavy (non-hydrogen) atoms. The predicted octanol–water partition coefficient (Wildman–Crippen LogP) is 3.60. The van der Waals surface area contributed by atoms with Crippen molar-refractivity contribution < 1.29 is 9.53 Å². The largest absolute Gasteiger partial charge is 0.444 e. The maximum atomic E-state index is 11.4. The molecule has 1 heterocycles. The SMILES string of the molecule is C1CCNCC1.CC(C)(C)OC(=O)NC1CCCCC1. The molecule has 2 aliphatic rings. The van der Waals surface area contributed by atoms with Gasteiger partial charge in [-0.15, -0.1) is 0 Å². The molecule has 2 N–H and O–H groups in total. The molecule has 118 valence electrons. The lowest BCUT2D eigenvalue weighted by Crippen LogP contribution is -2.39. The van der Waals surface area contributed by atoms with Crippen molar-refractivity contribution in [3.05, 3.63) is 0 Å². The van der Waals surface area contributed by atoms with Crippen LogP contribution in [0.25, 0.3) is 0 Å². The highest BCUT2D eigenvalue weighted by Gasteiger charge is 2.20. The number of nitrogens with one attached hydrogen (secondary N) is 2. The van der Waals surface area contributed by atoms with E-state index in [1.54, 1.807) is 0 Å². The van der Waals surface area contributed by atoms with Gasteiger partial charge in [0.25, 0.3) is 0 Å². The molecule has 1 amide bonds. The van der Waals surface area contributed by atoms with Gasteiger partial charge < -0.3 is 15.4 Å². The van der Waals surface area contributed by atoms with Gasteiger partial charge in [0.2, 0.25) is 0 Å². The van der Waals surface area contributed by atoms with Gasteiger partial charge in [-0.05, 0) is 59.5 Å². The Kier molecular flexibility index (Phi) is 7.97. The Balaban J connectivity index is 0.000000276. The minimum atomic E-state index is -0.390. The van der Waals surface area contributed by atoms with Crippen LogP contribution in [-0.2, 0) is 4.74 Å². The first-order valence-electron chi connectivity index (χ1n) is 8.17. The van der Waals surface area contributed by atoms with Crippen molar-refractivity contribution in [2.75, 3.05) is 13.1 Å². The Morgan fingerprint density at radius 2 is 1.55 bits per heavy atom. The minimum absolute atomic E-state index is 0.274. The van der Waals surface area contributed by atoms with Gasteiger partial charge in [0.1, 0.15) is 5.60 Å². The molecule has 0 radical (unpaired) electrons. The van der Waals surface area contributed by atoms with E-state index in [1.807, 2.05) is 20.8 Å². The molecule has 0 spiro atoms. The van der Waals surface area contributed by atoms with Crippen molar-refractivity contribution in [2.24, 2.45) is 0 Å². The van der Waals surface area contributed by atoms with E-state index in [0.717, 1.165) is 12.8 Å². The maximum absolute atomic E-state index is 11.4. The van der Waals surface area contributed by atoms with Gasteiger partial charge in [-0.2, -0.15) is 0 Å². The fraction of sp³-hybridized carbons (Fsp3) is 0.938. The third-order valence-electron chi connectivity index (χ3n) is 3.53. The highest BCUT2D eigenvalue weighted by Crippen LogP contribution is 2.18. The van der Waals surface area contributed by atoms with Crippen LogP contribution in [0.5, 0.6) is 0 Å². The summed E-state index contributed by atoms with van der Waals surface area (Å²) in [7, 11) is 0. The molecule has 0 bridgehead atoms. The lowest BCUT2D eigenvalue weighted by molar-refractivity contribution is 0.0493. The number of piperidine rings is 1. The van der Waals surface area contributed by atoms with Crippen LogP contribution in [0.15, 0.2) is 0 Å². The fourth-order valence-corrected chi connectivity index (χ4v) is 2.52. The standard InChI is InChI=1S/C11H21NO2.C5H11N/c1-11(2,3)14-10(13)12-9-7-5-4-6-8-9;1-2-4-6-5-3-1/h9H,4-8H2,1-3H3,(H,12,13);6H,1-5H2. The van der Waals surface area contributed by atoms with Crippen LogP contribution in [-0.4, -0.2) is 30.8 Å². The van der Waals surface area contributed by atoms with Gasteiger partial charge in [-0.1, -0.05) is 25.7 Å². The van der Waals surface area contributed by atoms with Crippen molar-refractivity contribution in [2.45, 2.75) is 83.8 Å². The van der Waals surface area contributed by atoms with Crippen LogP contribution in [0.3, 0.4) is 0 Å². The van der Waals surface area contributed by atoms with Crippen molar-refractivity contribution in [3.63, 3.8) is 0 Å². The number of hydrogen-bond donors (Lipinski definition) is 2. The Hall–Kier alpha value is -0.770. The lowest BCUT2D eigenvalue weighted by Gasteiger charge is -2.25. The molecular weight excluding hydrogens is 252 g/mol. The molecule has 1 saturated heterocycles. The molecule has 0 atom stereocenters. The normalized spacial score (nSPS) is 20.6. The van der Waals surface area contributed by atoms with Crippen molar-refractivity contribution >= 4 is 6.09 Å². The monoisotopic (exact) mass is 284 g/mol. The lowest BCUT2D eigenvalue weighted by atomic mass is 9.96. The number of carbonyl (C=O) groups is 1. The zero-order valence-electron chi connectivity index (χ0n) is 13.5. The summed E-state index contributed by atoms with van der Waals surface area (Å²) in [6.07, 6.45) is 9.88. The zero-order valence-corrected chi connectivity index (χ0v) is 13.5. The zero-order chi connectivity index (χ0) is 14.8. The second-order valence-electron chi connectivity index (χ2n) is 6.79. The number of amides is 1. The van der Waals surface area contributed by atoms with Gasteiger partial charge in [0.15, 0.2) is 0 Å². The van der Waals surface area contributed by atoms with E-state index in [4.69, 9.17) is 4.74 Å². The van der Waals surface area contributed by atoms with E-state index >= 15 is 0 Å². The summed E-state index contributed by atoms with van der Waals surface area (Å²) in [5.41, 5.74) is -0.390. The van der Waals surface area contributed by atoms with E-state index in [2.05, 4.69) is 10.6 Å². The topological polar surface area (TPSA) is 50.4 Å². The molecule has 1 aliphatic carbocycles. The molecule has 2 rings (SSSR count). The summed E-state index contributed by atoms with van der Waals surface area (Å²) in [5, 5.41) is 6.20. The van der Waals surface area contributed by atoms with E-state index in [1.165, 1.54) is 51.6 Å². The third kappa shape index (κ3) is 9.18. The molecule has 4 nitrogen and oxygen atoms in total. The molecular formula is C16H32N2O2. The van der Waals surface area contributed by atoms with E-state index in [-0.39, 0.29) is 6.09 Å². The van der Waals surface area contributed by atoms with Crippen molar-refractivity contribution in [1.82, 2.24) is 10.6 Å². The van der Waals surface area contributed by atoms with Crippen molar-refractivity contribution in [1.29, 1.82) is 0 Å². The molecule has 1 saturated carbocycles. The number of hydrogen-bond acceptors (Lipinski definition) is 3. The summed E-state index contributed by atoms with van der Waals surface area (Å²) in [5.74, 6) is 0. The Morgan fingerprint density at radius 1 is 1.00 bits per heavy atom. The van der Waals surface area contributed by atoms with Gasteiger partial charge >= 0.3 is 6.09 Å².